The lowest BCUT2D eigenvalue weighted by atomic mass is 10.1. The van der Waals surface area contributed by atoms with Crippen molar-refractivity contribution >= 4 is 66.3 Å². The number of halogens is 3. The molecule has 2 saturated carbocycles. The summed E-state index contributed by atoms with van der Waals surface area (Å²) in [5.41, 5.74) is -0.267. The number of benzene rings is 2. The quantitative estimate of drug-likeness (QED) is 0.131. The highest BCUT2D eigenvalue weighted by Gasteiger charge is 2.62. The van der Waals surface area contributed by atoms with Crippen LogP contribution in [0.5, 0.6) is 5.88 Å². The van der Waals surface area contributed by atoms with Crippen LogP contribution in [0.3, 0.4) is 0 Å². The molecule has 1 saturated heterocycles. The third-order valence-corrected chi connectivity index (χ3v) is 14.6. The van der Waals surface area contributed by atoms with Crippen LogP contribution < -0.4 is 20.1 Å². The minimum atomic E-state index is -4.55. The molecule has 0 unspecified atom stereocenters. The Morgan fingerprint density at radius 1 is 1.05 bits per heavy atom. The van der Waals surface area contributed by atoms with Crippen LogP contribution in [-0.4, -0.2) is 81.5 Å². The summed E-state index contributed by atoms with van der Waals surface area (Å²) in [6, 6.07) is 9.56. The van der Waals surface area contributed by atoms with Gasteiger partial charge in [0.05, 0.1) is 23.1 Å². The van der Waals surface area contributed by atoms with Gasteiger partial charge in [0.25, 0.3) is 11.8 Å². The average Bonchev–Trinajstić information content (AvgIpc) is 4.08. The fourth-order valence-corrected chi connectivity index (χ4v) is 10.5. The lowest BCUT2D eigenvalue weighted by Crippen LogP contribution is -2.57. The Morgan fingerprint density at radius 2 is 1.84 bits per heavy atom. The number of nitrogens with zero attached hydrogens (tertiary/aromatic N) is 4. The van der Waals surface area contributed by atoms with E-state index < -0.39 is 68.5 Å². The molecule has 0 spiro atoms. The average molecular weight is 892 g/mol. The molecule has 5 aromatic rings. The number of hydrogen-bond donors (Lipinski definition) is 3. The summed E-state index contributed by atoms with van der Waals surface area (Å²) < 4.78 is 81.3. The maximum Gasteiger partial charge on any atom is 0.416 e. The molecular formula is C43H44F3N7O7S2. The summed E-state index contributed by atoms with van der Waals surface area (Å²) in [5, 5.41) is 8.65. The Labute approximate surface area is 358 Å². The van der Waals surface area contributed by atoms with E-state index in [4.69, 9.17) is 9.15 Å². The van der Waals surface area contributed by atoms with Crippen LogP contribution in [0.25, 0.3) is 33.5 Å². The van der Waals surface area contributed by atoms with Crippen LogP contribution in [0, 0.1) is 5.92 Å². The second-order valence-electron chi connectivity index (χ2n) is 16.4. The van der Waals surface area contributed by atoms with E-state index in [0.29, 0.717) is 60.1 Å². The van der Waals surface area contributed by atoms with Crippen molar-refractivity contribution in [3.63, 3.8) is 0 Å². The van der Waals surface area contributed by atoms with Crippen molar-refractivity contribution in [3.05, 3.63) is 77.3 Å². The number of aromatic nitrogens is 3. The van der Waals surface area contributed by atoms with E-state index in [1.807, 2.05) is 24.5 Å². The molecule has 9 rings (SSSR count). The number of sulfonamides is 1. The summed E-state index contributed by atoms with van der Waals surface area (Å²) in [6.07, 6.45) is 3.56. The first-order valence-corrected chi connectivity index (χ1v) is 23.2. The molecule has 62 heavy (non-hydrogen) atoms. The molecule has 3 aromatic heterocycles. The van der Waals surface area contributed by atoms with Gasteiger partial charge in [0.2, 0.25) is 27.4 Å². The summed E-state index contributed by atoms with van der Waals surface area (Å²) in [4.78, 5) is 58.7. The molecule has 2 aromatic carbocycles. The van der Waals surface area contributed by atoms with Crippen LogP contribution >= 0.6 is 11.3 Å². The van der Waals surface area contributed by atoms with Gasteiger partial charge in [-0.15, -0.1) is 11.3 Å². The van der Waals surface area contributed by atoms with Gasteiger partial charge in [-0.05, 0) is 69.2 Å². The van der Waals surface area contributed by atoms with Gasteiger partial charge in [-0.25, -0.2) is 18.4 Å². The number of para-hydroxylation sites is 1. The summed E-state index contributed by atoms with van der Waals surface area (Å²) in [5.74, 6) is -2.31. The van der Waals surface area contributed by atoms with Crippen molar-refractivity contribution in [2.75, 3.05) is 11.9 Å². The topological polar surface area (TPSA) is 186 Å². The lowest BCUT2D eigenvalue weighted by Gasteiger charge is -2.29. The predicted octanol–water partition coefficient (Wildman–Crippen LogP) is 6.91. The highest BCUT2D eigenvalue weighted by molar-refractivity contribution is 7.91. The maximum absolute atomic E-state index is 14.8. The van der Waals surface area contributed by atoms with Gasteiger partial charge < -0.3 is 24.7 Å². The summed E-state index contributed by atoms with van der Waals surface area (Å²) >= 11 is 1.38. The zero-order chi connectivity index (χ0) is 43.4. The molecule has 2 aliphatic heterocycles. The Balaban J connectivity index is 1.07. The third-order valence-electron chi connectivity index (χ3n) is 12.0. The fraction of sp³-hybridized carbons (Fsp3) is 0.442. The number of aryl methyl sites for hydroxylation is 1. The molecule has 3 N–H and O–H groups in total. The number of furan rings is 1. The zero-order valence-electron chi connectivity index (χ0n) is 33.6. The molecule has 5 atom stereocenters. The SMILES string of the molecule is CCc1csc(N[C@H]2CCCCC/C=C\[C@@H]3C[C@@]3(C(=O)NS(=O)(=O)C3CC3)NC(=O)[C@@H]3C[C@@H](Oc4nc(-c5ccc(C(F)(F)F)cc5)nc5c4oc4ccccc45)CN3C2=O)n1. The maximum atomic E-state index is 14.8. The number of allylic oxidation sites excluding steroid dienone is 1. The van der Waals surface area contributed by atoms with Crippen LogP contribution in [0.2, 0.25) is 0 Å². The number of rotatable bonds is 9. The number of fused-ring (bicyclic) bond motifs is 5. The number of ether oxygens (including phenoxy) is 1. The minimum Gasteiger partial charge on any atom is -0.470 e. The van der Waals surface area contributed by atoms with Crippen molar-refractivity contribution in [1.29, 1.82) is 0 Å². The Hall–Kier alpha value is -5.56. The molecule has 19 heteroatoms. The molecule has 326 valence electrons. The molecule has 14 nitrogen and oxygen atoms in total. The van der Waals surface area contributed by atoms with Crippen LogP contribution in [-0.2, 0) is 37.0 Å². The number of amides is 3. The van der Waals surface area contributed by atoms with Crippen molar-refractivity contribution in [2.24, 2.45) is 5.92 Å². The molecule has 3 fully saturated rings. The lowest BCUT2D eigenvalue weighted by molar-refractivity contribution is -0.140. The Bertz CT molecular complexity index is 2680. The number of nitrogens with one attached hydrogen (secondary N) is 3. The number of carbonyl (C=O) groups excluding carboxylic acids is 3. The molecule has 0 bridgehead atoms. The first kappa shape index (κ1) is 41.8. The number of hydrogen-bond acceptors (Lipinski definition) is 12. The molecular weight excluding hydrogens is 848 g/mol. The van der Waals surface area contributed by atoms with Gasteiger partial charge in [0.1, 0.15) is 34.8 Å². The molecule has 0 radical (unpaired) electrons. The van der Waals surface area contributed by atoms with Gasteiger partial charge in [-0.2, -0.15) is 18.2 Å². The normalized spacial score (nSPS) is 25.3. The monoisotopic (exact) mass is 891 g/mol. The van der Waals surface area contributed by atoms with Gasteiger partial charge in [-0.1, -0.05) is 56.2 Å². The highest BCUT2D eigenvalue weighted by Crippen LogP contribution is 2.46. The van der Waals surface area contributed by atoms with Crippen molar-refractivity contribution in [2.45, 2.75) is 106 Å². The van der Waals surface area contributed by atoms with Gasteiger partial charge in [0.15, 0.2) is 11.0 Å². The minimum absolute atomic E-state index is 0.0419. The molecule has 2 aliphatic carbocycles. The van der Waals surface area contributed by atoms with E-state index in [9.17, 15) is 36.0 Å². The van der Waals surface area contributed by atoms with Gasteiger partial charge >= 0.3 is 6.18 Å². The first-order valence-electron chi connectivity index (χ1n) is 20.8. The zero-order valence-corrected chi connectivity index (χ0v) is 35.2. The van der Waals surface area contributed by atoms with Crippen LogP contribution in [0.15, 0.2) is 70.5 Å². The summed E-state index contributed by atoms with van der Waals surface area (Å²) in [6.45, 7) is 1.89. The number of thiazole rings is 1. The van der Waals surface area contributed by atoms with Crippen molar-refractivity contribution < 1.29 is 45.1 Å². The van der Waals surface area contributed by atoms with Crippen LogP contribution in [0.1, 0.15) is 76.0 Å². The van der Waals surface area contributed by atoms with Gasteiger partial charge in [-0.3, -0.25) is 19.1 Å². The number of anilines is 1. The molecule has 4 aliphatic rings. The van der Waals surface area contributed by atoms with E-state index in [1.54, 1.807) is 24.3 Å². The van der Waals surface area contributed by atoms with E-state index >= 15 is 0 Å². The van der Waals surface area contributed by atoms with Crippen molar-refractivity contribution in [1.82, 2.24) is 29.9 Å². The standard InChI is InChI=1S/C43H44F3N7O7S2/c1-2-27-23-61-41(47-27)48-31-12-7-5-3-4-6-10-26-21-42(26,40(56)52-62(57,58)29-18-19-29)51-37(54)32-20-28(22-53(32)39(31)55)59-38-35-34(30-11-8-9-13-33(30)60-35)49-36(50-38)24-14-16-25(17-15-24)43(44,45)46/h6,8-11,13-17,23,26,28-29,31-32H,2-5,7,12,18-22H2,1H3,(H,47,48)(H,51,54)(H,52,56)/b10-6-/t26-,28-,31+,32+,42-/m1/s1. The first-order chi connectivity index (χ1) is 29.7. The predicted molar refractivity (Wildman–Crippen MR) is 224 cm³/mol. The fourth-order valence-electron chi connectivity index (χ4n) is 8.27. The molecule has 3 amide bonds. The van der Waals surface area contributed by atoms with E-state index in [1.165, 1.54) is 28.4 Å². The van der Waals surface area contributed by atoms with E-state index in [0.717, 1.165) is 30.7 Å². The van der Waals surface area contributed by atoms with E-state index in [2.05, 4.69) is 30.3 Å². The Kier molecular flexibility index (Phi) is 11.0. The second-order valence-corrected chi connectivity index (χ2v) is 19.2. The smallest absolute Gasteiger partial charge is 0.416 e. The largest absolute Gasteiger partial charge is 0.470 e. The second kappa shape index (κ2) is 16.3. The van der Waals surface area contributed by atoms with E-state index in [-0.39, 0.29) is 48.1 Å². The summed E-state index contributed by atoms with van der Waals surface area (Å²) in [7, 11) is -3.94. The van der Waals surface area contributed by atoms with Crippen molar-refractivity contribution in [3.8, 4) is 17.3 Å². The van der Waals surface area contributed by atoms with Crippen LogP contribution in [0.4, 0.5) is 18.3 Å². The number of alkyl halides is 3. The highest BCUT2D eigenvalue weighted by atomic mass is 32.2. The van der Waals surface area contributed by atoms with Gasteiger partial charge in [0, 0.05) is 28.7 Å². The number of carbonyl (C=O) groups is 3. The Morgan fingerprint density at radius 3 is 2.58 bits per heavy atom. The third kappa shape index (κ3) is 8.35. The molecule has 5 heterocycles.